The van der Waals surface area contributed by atoms with E-state index in [1.54, 1.807) is 0 Å². The average molecular weight is 219 g/mol. The Labute approximate surface area is 97.4 Å². The fourth-order valence-electron chi connectivity index (χ4n) is 2.19. The molecule has 0 bridgehead atoms. The van der Waals surface area contributed by atoms with Crippen LogP contribution in [-0.4, -0.2) is 6.17 Å². The molecular formula is C13H21N3. The Morgan fingerprint density at radius 1 is 1.25 bits per heavy atom. The largest absolute Gasteiger partial charge is 0.369 e. The van der Waals surface area contributed by atoms with E-state index in [4.69, 9.17) is 5.73 Å². The minimum Gasteiger partial charge on any atom is -0.369 e. The van der Waals surface area contributed by atoms with Crippen LogP contribution < -0.4 is 16.4 Å². The first-order chi connectivity index (χ1) is 7.81. The number of nitrogens with two attached hydrogens (primary N) is 1. The van der Waals surface area contributed by atoms with Crippen molar-refractivity contribution in [2.24, 2.45) is 5.73 Å². The maximum atomic E-state index is 6.09. The zero-order chi connectivity index (χ0) is 11.4. The molecule has 3 heteroatoms. The normalized spacial score (nSPS) is 23.6. The molecule has 0 aromatic heterocycles. The van der Waals surface area contributed by atoms with Crippen LogP contribution in [0.5, 0.6) is 0 Å². The zero-order valence-electron chi connectivity index (χ0n) is 9.87. The monoisotopic (exact) mass is 219 g/mol. The van der Waals surface area contributed by atoms with Gasteiger partial charge in [0.1, 0.15) is 0 Å². The van der Waals surface area contributed by atoms with E-state index in [2.05, 4.69) is 29.7 Å². The molecule has 0 amide bonds. The van der Waals surface area contributed by atoms with Crippen LogP contribution in [0.1, 0.15) is 44.3 Å². The quantitative estimate of drug-likeness (QED) is 0.682. The van der Waals surface area contributed by atoms with Gasteiger partial charge in [0, 0.05) is 11.3 Å². The number of hydrogen-bond donors (Lipinski definition) is 3. The lowest BCUT2D eigenvalue weighted by atomic mass is 10.0. The second kappa shape index (κ2) is 5.32. The molecule has 0 fully saturated rings. The van der Waals surface area contributed by atoms with Crippen molar-refractivity contribution in [2.45, 2.75) is 44.9 Å². The maximum Gasteiger partial charge on any atom is 0.0845 e. The molecule has 1 aromatic carbocycles. The smallest absolute Gasteiger partial charge is 0.0845 e. The lowest BCUT2D eigenvalue weighted by Gasteiger charge is -2.32. The van der Waals surface area contributed by atoms with Gasteiger partial charge in [-0.2, -0.15) is 0 Å². The third kappa shape index (κ3) is 2.54. The summed E-state index contributed by atoms with van der Waals surface area (Å²) in [5, 5.41) is 6.89. The Morgan fingerprint density at radius 3 is 2.88 bits per heavy atom. The van der Waals surface area contributed by atoms with Gasteiger partial charge in [0.05, 0.1) is 12.3 Å². The maximum absolute atomic E-state index is 6.09. The molecule has 1 aliphatic heterocycles. The van der Waals surface area contributed by atoms with Crippen LogP contribution in [0.3, 0.4) is 0 Å². The Balaban J connectivity index is 1.98. The molecule has 16 heavy (non-hydrogen) atoms. The van der Waals surface area contributed by atoms with E-state index in [1.807, 2.05) is 12.1 Å². The summed E-state index contributed by atoms with van der Waals surface area (Å²) in [4.78, 5) is 0. The number of hydrogen-bond acceptors (Lipinski definition) is 3. The highest BCUT2D eigenvalue weighted by Gasteiger charge is 2.21. The second-order valence-corrected chi connectivity index (χ2v) is 4.42. The van der Waals surface area contributed by atoms with E-state index < -0.39 is 0 Å². The summed E-state index contributed by atoms with van der Waals surface area (Å²) in [5.41, 5.74) is 8.43. The van der Waals surface area contributed by atoms with Gasteiger partial charge in [0.25, 0.3) is 0 Å². The van der Waals surface area contributed by atoms with Crippen molar-refractivity contribution in [2.75, 3.05) is 5.32 Å². The Kier molecular flexibility index (Phi) is 3.80. The number of benzene rings is 1. The van der Waals surface area contributed by atoms with Crippen molar-refractivity contribution in [1.82, 2.24) is 5.32 Å². The van der Waals surface area contributed by atoms with Gasteiger partial charge >= 0.3 is 0 Å². The highest BCUT2D eigenvalue weighted by Crippen LogP contribution is 2.25. The minimum atomic E-state index is -0.0379. The van der Waals surface area contributed by atoms with Gasteiger partial charge in [-0.25, -0.2) is 0 Å². The fraction of sp³-hybridized carbons (Fsp3) is 0.538. The Hall–Kier alpha value is -1.06. The molecule has 0 aliphatic carbocycles. The highest BCUT2D eigenvalue weighted by molar-refractivity contribution is 5.54. The predicted octanol–water partition coefficient (Wildman–Crippen LogP) is 2.57. The number of para-hydroxylation sites is 1. The lowest BCUT2D eigenvalue weighted by molar-refractivity contribution is 0.423. The summed E-state index contributed by atoms with van der Waals surface area (Å²) >= 11 is 0. The van der Waals surface area contributed by atoms with Crippen LogP contribution in [0.2, 0.25) is 0 Å². The molecule has 2 unspecified atom stereocenters. The van der Waals surface area contributed by atoms with Crippen LogP contribution in [-0.2, 0) is 0 Å². The van der Waals surface area contributed by atoms with E-state index >= 15 is 0 Å². The van der Waals surface area contributed by atoms with Crippen molar-refractivity contribution in [3.63, 3.8) is 0 Å². The van der Waals surface area contributed by atoms with Crippen LogP contribution in [0.25, 0.3) is 0 Å². The van der Waals surface area contributed by atoms with Gasteiger partial charge < -0.3 is 11.1 Å². The topological polar surface area (TPSA) is 50.1 Å². The molecule has 2 atom stereocenters. The molecule has 1 aliphatic rings. The summed E-state index contributed by atoms with van der Waals surface area (Å²) in [6, 6.07) is 8.25. The van der Waals surface area contributed by atoms with Gasteiger partial charge in [-0.1, -0.05) is 44.4 Å². The Bertz CT molecular complexity index is 338. The highest BCUT2D eigenvalue weighted by atomic mass is 15.2. The third-order valence-electron chi connectivity index (χ3n) is 3.10. The van der Waals surface area contributed by atoms with Gasteiger partial charge in [0.15, 0.2) is 0 Å². The summed E-state index contributed by atoms with van der Waals surface area (Å²) < 4.78 is 0. The molecule has 1 heterocycles. The fourth-order valence-corrected chi connectivity index (χ4v) is 2.19. The van der Waals surface area contributed by atoms with E-state index in [1.165, 1.54) is 24.9 Å². The molecular weight excluding hydrogens is 198 g/mol. The number of unbranched alkanes of at least 4 members (excludes halogenated alkanes) is 2. The minimum absolute atomic E-state index is 0.0379. The first kappa shape index (κ1) is 11.4. The second-order valence-electron chi connectivity index (χ2n) is 4.42. The van der Waals surface area contributed by atoms with Crippen LogP contribution in [0.4, 0.5) is 5.69 Å². The number of nitrogens with one attached hydrogen (secondary N) is 2. The first-order valence-corrected chi connectivity index (χ1v) is 6.18. The molecule has 0 saturated carbocycles. The molecule has 2 rings (SSSR count). The Morgan fingerprint density at radius 2 is 2.06 bits per heavy atom. The summed E-state index contributed by atoms with van der Waals surface area (Å²) in [6.45, 7) is 2.22. The standard InChI is InChI=1S/C13H21N3/c1-2-3-4-9-12-15-11-8-6-5-7-10(11)13(14)16-12/h5-8,12-13,15-16H,2-4,9,14H2,1H3. The van der Waals surface area contributed by atoms with Gasteiger partial charge in [-0.15, -0.1) is 0 Å². The first-order valence-electron chi connectivity index (χ1n) is 6.18. The van der Waals surface area contributed by atoms with E-state index in [9.17, 15) is 0 Å². The number of rotatable bonds is 4. The van der Waals surface area contributed by atoms with Gasteiger partial charge in [-0.3, -0.25) is 5.32 Å². The van der Waals surface area contributed by atoms with Gasteiger partial charge in [-0.05, 0) is 12.5 Å². The van der Waals surface area contributed by atoms with Crippen molar-refractivity contribution < 1.29 is 0 Å². The van der Waals surface area contributed by atoms with E-state index in [0.29, 0.717) is 6.17 Å². The van der Waals surface area contributed by atoms with E-state index in [-0.39, 0.29) is 6.17 Å². The van der Waals surface area contributed by atoms with Crippen molar-refractivity contribution >= 4 is 5.69 Å². The van der Waals surface area contributed by atoms with Crippen LogP contribution in [0.15, 0.2) is 24.3 Å². The SMILES string of the molecule is CCCCCC1Nc2ccccc2C(N)N1. The molecule has 1 aromatic rings. The predicted molar refractivity (Wildman–Crippen MR) is 68.1 cm³/mol. The van der Waals surface area contributed by atoms with Crippen molar-refractivity contribution in [3.8, 4) is 0 Å². The van der Waals surface area contributed by atoms with Crippen LogP contribution in [0, 0.1) is 0 Å². The molecule has 0 radical (unpaired) electrons. The molecule has 0 saturated heterocycles. The molecule has 4 N–H and O–H groups in total. The number of fused-ring (bicyclic) bond motifs is 1. The summed E-state index contributed by atoms with van der Waals surface area (Å²) in [6.07, 6.45) is 5.21. The summed E-state index contributed by atoms with van der Waals surface area (Å²) in [5.74, 6) is 0. The average Bonchev–Trinajstić information content (AvgIpc) is 2.30. The lowest BCUT2D eigenvalue weighted by Crippen LogP contribution is -2.46. The zero-order valence-corrected chi connectivity index (χ0v) is 9.87. The number of anilines is 1. The van der Waals surface area contributed by atoms with Crippen LogP contribution >= 0.6 is 0 Å². The molecule has 88 valence electrons. The van der Waals surface area contributed by atoms with E-state index in [0.717, 1.165) is 12.0 Å². The van der Waals surface area contributed by atoms with Gasteiger partial charge in [0.2, 0.25) is 0 Å². The summed E-state index contributed by atoms with van der Waals surface area (Å²) in [7, 11) is 0. The molecule has 3 nitrogen and oxygen atoms in total. The van der Waals surface area contributed by atoms with Crippen molar-refractivity contribution in [3.05, 3.63) is 29.8 Å². The third-order valence-corrected chi connectivity index (χ3v) is 3.10. The molecule has 0 spiro atoms. The van der Waals surface area contributed by atoms with Crippen molar-refractivity contribution in [1.29, 1.82) is 0 Å².